The Kier molecular flexibility index (Phi) is 3.47. The second-order valence-electron chi connectivity index (χ2n) is 4.28. The molecule has 0 radical (unpaired) electrons. The normalized spacial score (nSPS) is 10.5. The Labute approximate surface area is 124 Å². The van der Waals surface area contributed by atoms with Crippen molar-refractivity contribution >= 4 is 27.6 Å². The molecule has 100 valence electrons. The third kappa shape index (κ3) is 2.70. The van der Waals surface area contributed by atoms with Gasteiger partial charge >= 0.3 is 0 Å². The summed E-state index contributed by atoms with van der Waals surface area (Å²) >= 11 is 3.45. The van der Waals surface area contributed by atoms with E-state index >= 15 is 0 Å². The fraction of sp³-hybridized carbons (Fsp3) is 0.0714. The van der Waals surface area contributed by atoms with Gasteiger partial charge in [-0.2, -0.15) is 4.98 Å². The van der Waals surface area contributed by atoms with E-state index in [1.165, 1.54) is 6.33 Å². The van der Waals surface area contributed by atoms with Crippen LogP contribution in [0.5, 0.6) is 0 Å². The van der Waals surface area contributed by atoms with Gasteiger partial charge in [0.2, 0.25) is 11.9 Å². The molecule has 0 amide bonds. The Hall–Kier alpha value is -2.21. The average Bonchev–Trinajstić information content (AvgIpc) is 2.96. The average molecular weight is 330 g/mol. The van der Waals surface area contributed by atoms with Crippen molar-refractivity contribution in [2.45, 2.75) is 6.92 Å². The third-order valence-corrected chi connectivity index (χ3v) is 3.32. The Balaban J connectivity index is 1.89. The van der Waals surface area contributed by atoms with E-state index in [1.807, 2.05) is 54.2 Å². The molecule has 0 aliphatic heterocycles. The van der Waals surface area contributed by atoms with Crippen LogP contribution in [0.25, 0.3) is 5.95 Å². The predicted octanol–water partition coefficient (Wildman–Crippen LogP) is 3.48. The number of hydrogen-bond donors (Lipinski definition) is 1. The first kappa shape index (κ1) is 12.8. The van der Waals surface area contributed by atoms with Crippen LogP contribution in [0.1, 0.15) is 5.56 Å². The molecule has 1 aromatic carbocycles. The van der Waals surface area contributed by atoms with Crippen molar-refractivity contribution in [3.8, 4) is 5.95 Å². The molecule has 3 rings (SSSR count). The van der Waals surface area contributed by atoms with Crippen molar-refractivity contribution in [2.24, 2.45) is 0 Å². The van der Waals surface area contributed by atoms with E-state index < -0.39 is 0 Å². The lowest BCUT2D eigenvalue weighted by Gasteiger charge is -2.09. The van der Waals surface area contributed by atoms with Gasteiger partial charge in [-0.1, -0.05) is 15.9 Å². The number of aryl methyl sites for hydroxylation is 1. The highest BCUT2D eigenvalue weighted by molar-refractivity contribution is 9.10. The SMILES string of the molecule is Cc1cc(Br)ccc1Nc1ncnc(-n2cccc2)n1. The van der Waals surface area contributed by atoms with Crippen LogP contribution in [0, 0.1) is 6.92 Å². The van der Waals surface area contributed by atoms with Crippen LogP contribution >= 0.6 is 15.9 Å². The van der Waals surface area contributed by atoms with Crippen LogP contribution < -0.4 is 5.32 Å². The minimum atomic E-state index is 0.522. The maximum atomic E-state index is 4.39. The first-order valence-corrected chi connectivity index (χ1v) is 6.87. The second-order valence-corrected chi connectivity index (χ2v) is 5.20. The summed E-state index contributed by atoms with van der Waals surface area (Å²) in [5, 5.41) is 3.21. The summed E-state index contributed by atoms with van der Waals surface area (Å²) in [5.74, 6) is 1.11. The van der Waals surface area contributed by atoms with E-state index in [9.17, 15) is 0 Å². The summed E-state index contributed by atoms with van der Waals surface area (Å²) in [6.45, 7) is 2.03. The number of benzene rings is 1. The Morgan fingerprint density at radius 2 is 1.95 bits per heavy atom. The molecule has 3 aromatic rings. The minimum Gasteiger partial charge on any atom is -0.324 e. The van der Waals surface area contributed by atoms with E-state index in [0.29, 0.717) is 11.9 Å². The molecular formula is C14H12BrN5. The van der Waals surface area contributed by atoms with Gasteiger partial charge in [0, 0.05) is 22.6 Å². The molecule has 0 bridgehead atoms. The fourth-order valence-corrected chi connectivity index (χ4v) is 2.30. The smallest absolute Gasteiger partial charge is 0.238 e. The van der Waals surface area contributed by atoms with Gasteiger partial charge in [0.05, 0.1) is 0 Å². The third-order valence-electron chi connectivity index (χ3n) is 2.83. The summed E-state index contributed by atoms with van der Waals surface area (Å²) in [6.07, 6.45) is 5.28. The highest BCUT2D eigenvalue weighted by Crippen LogP contribution is 2.22. The Morgan fingerprint density at radius 3 is 2.70 bits per heavy atom. The Bertz CT molecular complexity index is 724. The molecule has 0 fully saturated rings. The highest BCUT2D eigenvalue weighted by Gasteiger charge is 2.04. The molecule has 5 nitrogen and oxygen atoms in total. The van der Waals surface area contributed by atoms with Crippen LogP contribution in [0.3, 0.4) is 0 Å². The number of anilines is 2. The summed E-state index contributed by atoms with van der Waals surface area (Å²) in [5.41, 5.74) is 2.08. The van der Waals surface area contributed by atoms with Crippen molar-refractivity contribution in [3.05, 3.63) is 59.1 Å². The largest absolute Gasteiger partial charge is 0.324 e. The lowest BCUT2D eigenvalue weighted by molar-refractivity contribution is 0.906. The van der Waals surface area contributed by atoms with Crippen LogP contribution in [0.4, 0.5) is 11.6 Å². The second kappa shape index (κ2) is 5.42. The van der Waals surface area contributed by atoms with E-state index in [4.69, 9.17) is 0 Å². The van der Waals surface area contributed by atoms with Crippen molar-refractivity contribution in [1.29, 1.82) is 0 Å². The van der Waals surface area contributed by atoms with Crippen LogP contribution in [0.15, 0.2) is 53.5 Å². The van der Waals surface area contributed by atoms with Crippen molar-refractivity contribution in [3.63, 3.8) is 0 Å². The van der Waals surface area contributed by atoms with Gasteiger partial charge in [-0.15, -0.1) is 0 Å². The molecule has 1 N–H and O–H groups in total. The van der Waals surface area contributed by atoms with Crippen LogP contribution in [0.2, 0.25) is 0 Å². The van der Waals surface area contributed by atoms with Gasteiger partial charge in [-0.25, -0.2) is 9.97 Å². The standard InChI is InChI=1S/C14H12BrN5/c1-10-8-11(15)4-5-12(10)18-13-16-9-17-14(19-13)20-6-2-3-7-20/h2-9H,1H3,(H,16,17,18,19). The van der Waals surface area contributed by atoms with Crippen LogP contribution in [-0.2, 0) is 0 Å². The quantitative estimate of drug-likeness (QED) is 0.799. The monoisotopic (exact) mass is 329 g/mol. The zero-order valence-corrected chi connectivity index (χ0v) is 12.4. The first-order chi connectivity index (χ1) is 9.72. The first-order valence-electron chi connectivity index (χ1n) is 6.08. The number of nitrogens with zero attached hydrogens (tertiary/aromatic N) is 4. The zero-order chi connectivity index (χ0) is 13.9. The van der Waals surface area contributed by atoms with Crippen molar-refractivity contribution in [2.75, 3.05) is 5.32 Å². The topological polar surface area (TPSA) is 55.6 Å². The summed E-state index contributed by atoms with van der Waals surface area (Å²) in [7, 11) is 0. The van der Waals surface area contributed by atoms with E-state index in [2.05, 4.69) is 36.2 Å². The van der Waals surface area contributed by atoms with Gasteiger partial charge in [-0.05, 0) is 42.8 Å². The minimum absolute atomic E-state index is 0.522. The lowest BCUT2D eigenvalue weighted by Crippen LogP contribution is -2.04. The Morgan fingerprint density at radius 1 is 1.15 bits per heavy atom. The van der Waals surface area contributed by atoms with E-state index in [-0.39, 0.29) is 0 Å². The number of rotatable bonds is 3. The van der Waals surface area contributed by atoms with Gasteiger partial charge < -0.3 is 5.32 Å². The van der Waals surface area contributed by atoms with E-state index in [1.54, 1.807) is 0 Å². The molecule has 2 aromatic heterocycles. The van der Waals surface area contributed by atoms with Gasteiger partial charge in [0.15, 0.2) is 0 Å². The molecule has 0 saturated heterocycles. The van der Waals surface area contributed by atoms with E-state index in [0.717, 1.165) is 15.7 Å². The molecule has 0 aliphatic rings. The van der Waals surface area contributed by atoms with Crippen molar-refractivity contribution < 1.29 is 0 Å². The number of halogens is 1. The highest BCUT2D eigenvalue weighted by atomic mass is 79.9. The maximum Gasteiger partial charge on any atom is 0.238 e. The predicted molar refractivity (Wildman–Crippen MR) is 81.3 cm³/mol. The van der Waals surface area contributed by atoms with Gasteiger partial charge in [0.1, 0.15) is 6.33 Å². The van der Waals surface area contributed by atoms with Crippen molar-refractivity contribution in [1.82, 2.24) is 19.5 Å². The molecular weight excluding hydrogens is 318 g/mol. The summed E-state index contributed by atoms with van der Waals surface area (Å²) in [6, 6.07) is 9.85. The van der Waals surface area contributed by atoms with Gasteiger partial charge in [0.25, 0.3) is 0 Å². The molecule has 0 atom stereocenters. The molecule has 0 aliphatic carbocycles. The number of aromatic nitrogens is 4. The molecule has 6 heteroatoms. The fourth-order valence-electron chi connectivity index (χ4n) is 1.83. The molecule has 2 heterocycles. The van der Waals surface area contributed by atoms with Crippen LogP contribution in [-0.4, -0.2) is 19.5 Å². The number of hydrogen-bond acceptors (Lipinski definition) is 4. The molecule has 0 unspecified atom stereocenters. The maximum absolute atomic E-state index is 4.39. The zero-order valence-electron chi connectivity index (χ0n) is 10.8. The lowest BCUT2D eigenvalue weighted by atomic mass is 10.2. The van der Waals surface area contributed by atoms with Gasteiger partial charge in [-0.3, -0.25) is 4.57 Å². The summed E-state index contributed by atoms with van der Waals surface area (Å²) < 4.78 is 2.88. The molecule has 20 heavy (non-hydrogen) atoms. The molecule has 0 spiro atoms. The molecule has 0 saturated carbocycles. The number of nitrogens with one attached hydrogen (secondary N) is 1. The summed E-state index contributed by atoms with van der Waals surface area (Å²) in [4.78, 5) is 12.7.